The van der Waals surface area contributed by atoms with Gasteiger partial charge in [-0.25, -0.2) is 24.4 Å². The fraction of sp³-hybridized carbons (Fsp3) is 0.638. The van der Waals surface area contributed by atoms with Crippen LogP contribution in [0, 0.1) is 23.7 Å². The number of rotatable bonds is 11. The zero-order chi connectivity index (χ0) is 48.7. The molecule has 4 heterocycles. The first kappa shape index (κ1) is 51.8. The predicted molar refractivity (Wildman–Crippen MR) is 240 cm³/mol. The summed E-state index contributed by atoms with van der Waals surface area (Å²) in [6.07, 6.45) is -1.95. The molecule has 5 rings (SSSR count). The van der Waals surface area contributed by atoms with E-state index >= 15 is 0 Å². The molecule has 19 heteroatoms. The van der Waals surface area contributed by atoms with Crippen molar-refractivity contribution in [3.8, 4) is 11.4 Å². The number of alkyl carbamates (subject to hydrolysis) is 2. The number of nitrogens with zero attached hydrogens (tertiary/aromatic N) is 4. The van der Waals surface area contributed by atoms with E-state index in [0.717, 1.165) is 16.2 Å². The Bertz CT molecular complexity index is 2030. The molecule has 3 aliphatic rings. The number of hydrogen-bond donors (Lipinski definition) is 3. The van der Waals surface area contributed by atoms with Gasteiger partial charge in [0.15, 0.2) is 17.7 Å². The van der Waals surface area contributed by atoms with Gasteiger partial charge >= 0.3 is 24.2 Å². The standard InChI is InChI=1S/C47H68N6O13/c1-13-34-47(8)38(51-44(58)66-47)28(4)35(54)26(2)25-46(7,65-43(57)50-21-14-16-31-17-19-32(20-18-31)40-48-22-15-23-49-40)39(64-42-36(55)33(52(9)10)24-27(3)61-42)29(5)37(30(6)41(56)62-34)63-45(59)53(11)60-12/h14-20,22-23,26-30,33-34,36-39,42,55H,13,21,24-25H2,1-12H3,(H,50,57)(H,51,58)/b16-14+/t26-,27-,28+,29+,30-,33+,34-,36-,37+,38-,39-,42+,46-,47-/m1/s1. The van der Waals surface area contributed by atoms with Crippen molar-refractivity contribution in [1.82, 2.24) is 30.6 Å². The first-order valence-corrected chi connectivity index (χ1v) is 22.5. The van der Waals surface area contributed by atoms with Crippen molar-refractivity contribution in [3.63, 3.8) is 0 Å². The van der Waals surface area contributed by atoms with Crippen molar-refractivity contribution in [1.29, 1.82) is 0 Å². The number of hydroxylamine groups is 2. The summed E-state index contributed by atoms with van der Waals surface area (Å²) in [5, 5.41) is 18.2. The van der Waals surface area contributed by atoms with Gasteiger partial charge in [0.2, 0.25) is 0 Å². The Hall–Kier alpha value is -5.21. The molecular weight excluding hydrogens is 857 g/mol. The van der Waals surface area contributed by atoms with E-state index in [1.54, 1.807) is 66.1 Å². The lowest BCUT2D eigenvalue weighted by Gasteiger charge is -2.48. The summed E-state index contributed by atoms with van der Waals surface area (Å²) >= 11 is 0. The minimum absolute atomic E-state index is 0.0303. The van der Waals surface area contributed by atoms with Crippen molar-refractivity contribution < 1.29 is 62.3 Å². The van der Waals surface area contributed by atoms with Gasteiger partial charge in [0.25, 0.3) is 0 Å². The van der Waals surface area contributed by atoms with Gasteiger partial charge in [-0.15, -0.1) is 0 Å². The molecule has 2 aromatic rings. The smallest absolute Gasteiger partial charge is 0.433 e. The molecule has 0 aliphatic carbocycles. The SMILES string of the molecule is CC[C@H]1OC(=O)[C@H](C)[C@@H](OC(=O)N(C)OC)[C@H](C)[C@@H](O[C@@H]2O[C@H](C)C[C@H](N(C)C)[C@H]2O)[C@](C)(OC(=O)NC/C=C/c2ccc(-c3ncccn3)cc2)C[C@@H](C)C(=O)[C@H](C)[C@H]2NC(=O)O[C@@]21C. The maximum absolute atomic E-state index is 14.7. The Morgan fingerprint density at radius 3 is 2.30 bits per heavy atom. The Morgan fingerprint density at radius 2 is 1.68 bits per heavy atom. The molecule has 0 bridgehead atoms. The van der Waals surface area contributed by atoms with Gasteiger partial charge in [-0.1, -0.05) is 64.1 Å². The Kier molecular flexibility index (Phi) is 17.3. The first-order chi connectivity index (χ1) is 31.1. The topological polar surface area (TPSA) is 227 Å². The summed E-state index contributed by atoms with van der Waals surface area (Å²) in [4.78, 5) is 85.3. The van der Waals surface area contributed by atoms with Gasteiger partial charge in [-0.05, 0) is 72.7 Å². The lowest BCUT2D eigenvalue weighted by molar-refractivity contribution is -0.298. The summed E-state index contributed by atoms with van der Waals surface area (Å²) in [5.74, 6) is -4.61. The number of fused-ring (bicyclic) bond motifs is 1. The van der Waals surface area contributed by atoms with Gasteiger partial charge in [-0.2, -0.15) is 5.06 Å². The highest BCUT2D eigenvalue weighted by Gasteiger charge is 2.58. The number of esters is 1. The molecule has 0 spiro atoms. The number of ketones is 1. The lowest BCUT2D eigenvalue weighted by atomic mass is 9.73. The number of carbonyl (C=O) groups is 5. The highest BCUT2D eigenvalue weighted by atomic mass is 16.7. The summed E-state index contributed by atoms with van der Waals surface area (Å²) in [7, 11) is 6.24. The van der Waals surface area contributed by atoms with Gasteiger partial charge in [0, 0.05) is 55.3 Å². The average molecular weight is 925 g/mol. The maximum atomic E-state index is 14.7. The maximum Gasteiger partial charge on any atom is 0.433 e. The van der Waals surface area contributed by atoms with E-state index in [4.69, 9.17) is 33.3 Å². The molecule has 1 aromatic heterocycles. The van der Waals surface area contributed by atoms with Crippen LogP contribution in [-0.2, 0) is 42.8 Å². The largest absolute Gasteiger partial charge is 0.458 e. The van der Waals surface area contributed by atoms with Crippen molar-refractivity contribution in [2.24, 2.45) is 23.7 Å². The van der Waals surface area contributed by atoms with Crippen LogP contribution < -0.4 is 10.6 Å². The van der Waals surface area contributed by atoms with Gasteiger partial charge in [0.05, 0.1) is 25.2 Å². The number of amides is 3. The number of likely N-dealkylation sites (N-methyl/N-ethyl adjacent to an activating group) is 1. The monoisotopic (exact) mass is 924 g/mol. The minimum atomic E-state index is -1.79. The van der Waals surface area contributed by atoms with Crippen LogP contribution in [0.1, 0.15) is 80.2 Å². The van der Waals surface area contributed by atoms with Crippen molar-refractivity contribution in [2.45, 2.75) is 135 Å². The molecule has 0 unspecified atom stereocenters. The van der Waals surface area contributed by atoms with Gasteiger partial charge in [0.1, 0.15) is 35.8 Å². The average Bonchev–Trinajstić information content (AvgIpc) is 3.61. The second-order valence-electron chi connectivity index (χ2n) is 18.3. The number of benzene rings is 1. The molecule has 3 N–H and O–H groups in total. The zero-order valence-corrected chi connectivity index (χ0v) is 40.1. The quantitative estimate of drug-likeness (QED) is 0.150. The summed E-state index contributed by atoms with van der Waals surface area (Å²) in [6, 6.07) is 7.94. The third kappa shape index (κ3) is 11.8. The third-order valence-electron chi connectivity index (χ3n) is 13.1. The number of carbonyl (C=O) groups excluding carboxylic acids is 5. The predicted octanol–water partition coefficient (Wildman–Crippen LogP) is 5.16. The summed E-state index contributed by atoms with van der Waals surface area (Å²) < 4.78 is 37.5. The van der Waals surface area contributed by atoms with Gasteiger partial charge in [-0.3, -0.25) is 14.4 Å². The number of cyclic esters (lactones) is 1. The van der Waals surface area contributed by atoms with Crippen LogP contribution in [0.2, 0.25) is 0 Å². The van der Waals surface area contributed by atoms with Crippen LogP contribution in [0.15, 0.2) is 48.8 Å². The molecule has 66 heavy (non-hydrogen) atoms. The van der Waals surface area contributed by atoms with Crippen molar-refractivity contribution in [2.75, 3.05) is 34.8 Å². The highest BCUT2D eigenvalue weighted by Crippen LogP contribution is 2.42. The van der Waals surface area contributed by atoms with Crippen LogP contribution >= 0.6 is 0 Å². The second-order valence-corrected chi connectivity index (χ2v) is 18.3. The molecule has 3 amide bonds. The molecule has 0 saturated carbocycles. The van der Waals surface area contributed by atoms with Crippen LogP contribution in [0.3, 0.4) is 0 Å². The molecule has 3 saturated heterocycles. The number of nitrogens with one attached hydrogen (secondary N) is 2. The number of aromatic nitrogens is 2. The van der Waals surface area contributed by atoms with E-state index < -0.39 is 108 Å². The number of hydrogen-bond acceptors (Lipinski definition) is 16. The molecule has 14 atom stereocenters. The zero-order valence-electron chi connectivity index (χ0n) is 40.1. The van der Waals surface area contributed by atoms with Crippen molar-refractivity contribution in [3.05, 3.63) is 54.4 Å². The normalized spacial score (nSPS) is 34.4. The minimum Gasteiger partial charge on any atom is -0.458 e. The molecule has 3 fully saturated rings. The van der Waals surface area contributed by atoms with E-state index in [9.17, 15) is 29.1 Å². The molecule has 1 aromatic carbocycles. The summed E-state index contributed by atoms with van der Waals surface area (Å²) in [5.41, 5.74) is -1.59. The Morgan fingerprint density at radius 1 is 1.02 bits per heavy atom. The molecular formula is C47H68N6O13. The van der Waals surface area contributed by atoms with E-state index in [-0.39, 0.29) is 25.2 Å². The van der Waals surface area contributed by atoms with Crippen LogP contribution in [0.25, 0.3) is 17.5 Å². The number of ether oxygens (including phenoxy) is 6. The fourth-order valence-corrected chi connectivity index (χ4v) is 9.48. The Balaban J connectivity index is 1.57. The van der Waals surface area contributed by atoms with Crippen LogP contribution in [-0.4, -0.2) is 150 Å². The van der Waals surface area contributed by atoms with Gasteiger partial charge < -0.3 is 49.1 Å². The Labute approximate surface area is 387 Å². The molecule has 0 radical (unpaired) electrons. The molecule has 3 aliphatic heterocycles. The van der Waals surface area contributed by atoms with E-state index in [1.165, 1.54) is 21.1 Å². The number of aliphatic hydroxyl groups is 1. The number of aliphatic hydroxyl groups excluding tert-OH is 1. The number of Topliss-reactive ketones (excluding diaryl/α,β-unsaturated/α-hetero) is 1. The molecule has 364 valence electrons. The second kappa shape index (κ2) is 22.1. The lowest BCUT2D eigenvalue weighted by Crippen LogP contribution is -2.61. The van der Waals surface area contributed by atoms with E-state index in [0.29, 0.717) is 12.2 Å². The molecule has 19 nitrogen and oxygen atoms in total. The van der Waals surface area contributed by atoms with Crippen molar-refractivity contribution >= 4 is 36.1 Å². The van der Waals surface area contributed by atoms with E-state index in [1.807, 2.05) is 56.3 Å². The van der Waals surface area contributed by atoms with E-state index in [2.05, 4.69) is 20.6 Å². The first-order valence-electron chi connectivity index (χ1n) is 22.5. The summed E-state index contributed by atoms with van der Waals surface area (Å²) in [6.45, 7) is 13.3. The fourth-order valence-electron chi connectivity index (χ4n) is 9.48. The third-order valence-corrected chi connectivity index (χ3v) is 13.1. The van der Waals surface area contributed by atoms with Crippen LogP contribution in [0.5, 0.6) is 0 Å². The highest BCUT2D eigenvalue weighted by molar-refractivity contribution is 5.85. The van der Waals surface area contributed by atoms with Crippen LogP contribution in [0.4, 0.5) is 14.4 Å².